The highest BCUT2D eigenvalue weighted by atomic mass is 19.1. The standard InChI is InChI=1S/C48H56FN9O3.C2H6/c1-29-19-36-34(4-7-39-37(36)21-51-53-39)44(58(29)28-48(49)15-16-48)40-6-3-32(20-50-40)55-26-47(27-55)13-11-31(12-14-47)22-54-17-18-56-33(23-54)25-61-45-38-24-57(41-9-10-43(59)52-30(41)2)46(60)35(38)5-8-42(45)56;1-2/h3-8,20-21,29,31,33,41,44H,2,9-19,22-28H2,1H3,(H,51,53)(H,52,59);1-2H3/t29-,33?,41?,44?;/m1./s1. The van der Waals surface area contributed by atoms with Crippen LogP contribution in [0.15, 0.2) is 61.1 Å². The number of pyridine rings is 1. The normalized spacial score (nSPS) is 27.4. The van der Waals surface area contributed by atoms with E-state index in [0.29, 0.717) is 68.1 Å². The topological polar surface area (TPSA) is 113 Å². The molecule has 8 heterocycles. The quantitative estimate of drug-likeness (QED) is 0.200. The summed E-state index contributed by atoms with van der Waals surface area (Å²) in [6.07, 6.45) is 12.3. The van der Waals surface area contributed by atoms with E-state index in [4.69, 9.17) is 9.72 Å². The second kappa shape index (κ2) is 15.6. The van der Waals surface area contributed by atoms with Crippen LogP contribution in [0.2, 0.25) is 0 Å². The molecule has 6 aliphatic heterocycles. The van der Waals surface area contributed by atoms with Gasteiger partial charge in [-0.15, -0.1) is 0 Å². The fraction of sp³-hybridized carbons (Fsp3) is 0.560. The summed E-state index contributed by atoms with van der Waals surface area (Å²) in [6.45, 7) is 18.2. The molecular formula is C50H62FN9O3. The molecule has 2 aromatic heterocycles. The first kappa shape index (κ1) is 40.7. The zero-order valence-corrected chi connectivity index (χ0v) is 37.2. The molecule has 1 spiro atoms. The van der Waals surface area contributed by atoms with Crippen LogP contribution >= 0.6 is 0 Å². The summed E-state index contributed by atoms with van der Waals surface area (Å²) < 4.78 is 21.9. The highest BCUT2D eigenvalue weighted by Gasteiger charge is 2.49. The zero-order valence-electron chi connectivity index (χ0n) is 37.2. The number of anilines is 2. The maximum atomic E-state index is 15.4. The molecule has 2 aromatic carbocycles. The number of aromatic nitrogens is 3. The average Bonchev–Trinajstić information content (AvgIpc) is 3.64. The number of fused-ring (bicyclic) bond motifs is 8. The highest BCUT2D eigenvalue weighted by Crippen LogP contribution is 2.50. The molecule has 3 saturated heterocycles. The van der Waals surface area contributed by atoms with Crippen molar-refractivity contribution in [3.63, 3.8) is 0 Å². The Morgan fingerprint density at radius 1 is 0.952 bits per heavy atom. The fourth-order valence-electron chi connectivity index (χ4n) is 12.3. The van der Waals surface area contributed by atoms with Gasteiger partial charge in [0.1, 0.15) is 18.0 Å². The van der Waals surface area contributed by atoms with Crippen LogP contribution in [0.5, 0.6) is 5.75 Å². The first-order chi connectivity index (χ1) is 30.6. The molecule has 2 saturated carbocycles. The predicted molar refractivity (Wildman–Crippen MR) is 243 cm³/mol. The van der Waals surface area contributed by atoms with Gasteiger partial charge in [-0.05, 0) is 106 Å². The number of piperidine rings is 1. The second-order valence-corrected chi connectivity index (χ2v) is 19.9. The molecule has 4 atom stereocenters. The number of rotatable bonds is 7. The van der Waals surface area contributed by atoms with Gasteiger partial charge in [0.15, 0.2) is 0 Å². The van der Waals surface area contributed by atoms with E-state index in [9.17, 15) is 9.59 Å². The SMILES string of the molecule is C=C1NC(=O)CCC1N1Cc2c(ccc3c2OCC2CN(CC4CCC5(CC4)CN(c4ccc(C6c7ccc8[nH]ncc8c7C[C@@H](C)N6CC6(F)CC6)nc4)C5)CCN32)C1=O.CC. The molecule has 13 heteroatoms. The summed E-state index contributed by atoms with van der Waals surface area (Å²) >= 11 is 0. The van der Waals surface area contributed by atoms with Crippen LogP contribution < -0.4 is 19.9 Å². The number of nitrogens with zero attached hydrogens (tertiary/aromatic N) is 7. The van der Waals surface area contributed by atoms with Crippen molar-refractivity contribution >= 4 is 34.1 Å². The molecule has 8 aliphatic rings. The molecule has 332 valence electrons. The molecule has 5 fully saturated rings. The van der Waals surface area contributed by atoms with Gasteiger partial charge in [0.25, 0.3) is 5.91 Å². The summed E-state index contributed by atoms with van der Waals surface area (Å²) in [6, 6.07) is 13.1. The van der Waals surface area contributed by atoms with E-state index >= 15 is 4.39 Å². The maximum Gasteiger partial charge on any atom is 0.255 e. The third-order valence-corrected chi connectivity index (χ3v) is 16.0. The Kier molecular flexibility index (Phi) is 10.1. The minimum absolute atomic E-state index is 0.00617. The summed E-state index contributed by atoms with van der Waals surface area (Å²) in [5, 5.41) is 11.5. The Morgan fingerprint density at radius 2 is 1.78 bits per heavy atom. The lowest BCUT2D eigenvalue weighted by Crippen LogP contribution is -2.59. The van der Waals surface area contributed by atoms with Crippen LogP contribution in [0.25, 0.3) is 10.9 Å². The number of benzene rings is 2. The number of carbonyl (C=O) groups is 2. The van der Waals surface area contributed by atoms with Crippen molar-refractivity contribution in [2.24, 2.45) is 11.3 Å². The predicted octanol–water partition coefficient (Wildman–Crippen LogP) is 7.15. The number of amides is 2. The molecule has 0 radical (unpaired) electrons. The number of ether oxygens (including phenoxy) is 1. The van der Waals surface area contributed by atoms with Crippen LogP contribution in [0.1, 0.15) is 111 Å². The highest BCUT2D eigenvalue weighted by molar-refractivity contribution is 6.01. The number of alkyl halides is 1. The average molecular weight is 856 g/mol. The van der Waals surface area contributed by atoms with Crippen LogP contribution in [-0.2, 0) is 17.8 Å². The Bertz CT molecular complexity index is 2430. The molecular weight excluding hydrogens is 794 g/mol. The molecule has 12 nitrogen and oxygen atoms in total. The fourth-order valence-corrected chi connectivity index (χ4v) is 12.3. The molecule has 4 aromatic rings. The third kappa shape index (κ3) is 7.08. The molecule has 12 rings (SSSR count). The number of hydrogen-bond donors (Lipinski definition) is 2. The molecule has 2 N–H and O–H groups in total. The molecule has 2 aliphatic carbocycles. The number of aromatic amines is 1. The van der Waals surface area contributed by atoms with Crippen LogP contribution in [-0.4, -0.2) is 118 Å². The Balaban J connectivity index is 0.00000219. The van der Waals surface area contributed by atoms with E-state index in [-0.39, 0.29) is 29.9 Å². The molecule has 63 heavy (non-hydrogen) atoms. The van der Waals surface area contributed by atoms with Crippen molar-refractivity contribution in [3.05, 3.63) is 89.0 Å². The van der Waals surface area contributed by atoms with Gasteiger partial charge in [-0.3, -0.25) is 29.5 Å². The lowest BCUT2D eigenvalue weighted by molar-refractivity contribution is -0.121. The van der Waals surface area contributed by atoms with Crippen molar-refractivity contribution in [1.29, 1.82) is 0 Å². The molecule has 3 unspecified atom stereocenters. The summed E-state index contributed by atoms with van der Waals surface area (Å²) in [4.78, 5) is 42.4. The van der Waals surface area contributed by atoms with Gasteiger partial charge in [0.05, 0.1) is 59.6 Å². The van der Waals surface area contributed by atoms with Crippen molar-refractivity contribution in [2.45, 2.75) is 115 Å². The van der Waals surface area contributed by atoms with E-state index in [1.807, 2.05) is 31.0 Å². The summed E-state index contributed by atoms with van der Waals surface area (Å²) in [7, 11) is 0. The van der Waals surface area contributed by atoms with Gasteiger partial charge >= 0.3 is 0 Å². The van der Waals surface area contributed by atoms with Crippen molar-refractivity contribution in [2.75, 3.05) is 62.2 Å². The summed E-state index contributed by atoms with van der Waals surface area (Å²) in [5.74, 6) is 1.54. The maximum absolute atomic E-state index is 15.4. The Morgan fingerprint density at radius 3 is 2.54 bits per heavy atom. The minimum atomic E-state index is -1.08. The largest absolute Gasteiger partial charge is 0.489 e. The van der Waals surface area contributed by atoms with Crippen LogP contribution in [0, 0.1) is 11.3 Å². The third-order valence-electron chi connectivity index (χ3n) is 16.0. The lowest BCUT2D eigenvalue weighted by Gasteiger charge is -2.55. The van der Waals surface area contributed by atoms with Gasteiger partial charge < -0.3 is 24.8 Å². The second-order valence-electron chi connectivity index (χ2n) is 19.9. The van der Waals surface area contributed by atoms with Crippen LogP contribution in [0.4, 0.5) is 15.8 Å². The van der Waals surface area contributed by atoms with Gasteiger partial charge in [-0.25, -0.2) is 4.39 Å². The van der Waals surface area contributed by atoms with Gasteiger partial charge in [0, 0.05) is 85.9 Å². The van der Waals surface area contributed by atoms with Crippen molar-refractivity contribution in [1.82, 2.24) is 35.2 Å². The van der Waals surface area contributed by atoms with E-state index in [1.165, 1.54) is 42.5 Å². The van der Waals surface area contributed by atoms with Gasteiger partial charge in [-0.2, -0.15) is 5.10 Å². The van der Waals surface area contributed by atoms with Crippen molar-refractivity contribution < 1.29 is 18.7 Å². The Hall–Kier alpha value is -5.01. The number of piperazine rings is 1. The number of nitrogens with one attached hydrogen (secondary N) is 2. The Labute approximate surface area is 370 Å². The first-order valence-electron chi connectivity index (χ1n) is 23.8. The number of carbonyl (C=O) groups excluding carboxylic acids is 2. The van der Waals surface area contributed by atoms with E-state index in [0.717, 1.165) is 85.2 Å². The van der Waals surface area contributed by atoms with Gasteiger partial charge in [0.2, 0.25) is 5.91 Å². The number of H-pyrrole nitrogens is 1. The first-order valence-corrected chi connectivity index (χ1v) is 23.8. The van der Waals surface area contributed by atoms with Gasteiger partial charge in [-0.1, -0.05) is 26.5 Å². The van der Waals surface area contributed by atoms with Crippen molar-refractivity contribution in [3.8, 4) is 5.75 Å². The lowest BCUT2D eigenvalue weighted by atomic mass is 9.65. The number of halogens is 1. The van der Waals surface area contributed by atoms with E-state index in [1.54, 1.807) is 0 Å². The van der Waals surface area contributed by atoms with E-state index < -0.39 is 5.67 Å². The zero-order chi connectivity index (χ0) is 43.2. The smallest absolute Gasteiger partial charge is 0.255 e. The summed E-state index contributed by atoms with van der Waals surface area (Å²) in [5.41, 5.74) is 8.48. The monoisotopic (exact) mass is 855 g/mol. The van der Waals surface area contributed by atoms with Crippen LogP contribution in [0.3, 0.4) is 0 Å². The number of hydrogen-bond acceptors (Lipinski definition) is 9. The minimum Gasteiger partial charge on any atom is -0.489 e. The molecule has 0 bridgehead atoms. The molecule has 2 amide bonds. The van der Waals surface area contributed by atoms with E-state index in [2.05, 4.69) is 85.1 Å².